The highest BCUT2D eigenvalue weighted by Gasteiger charge is 2.18. The average Bonchev–Trinajstić information content (AvgIpc) is 3.39. The molecule has 0 fully saturated rings. The smallest absolute Gasteiger partial charge is 0.305 e. The number of carbonyl (C=O) groups excluding carboxylic acids is 2. The van der Waals surface area contributed by atoms with Crippen LogP contribution in [0.3, 0.4) is 0 Å². The highest BCUT2D eigenvalue weighted by molar-refractivity contribution is 5.76. The van der Waals surface area contributed by atoms with Gasteiger partial charge in [-0.05, 0) is 89.9 Å². The Bertz CT molecular complexity index is 1230. The summed E-state index contributed by atoms with van der Waals surface area (Å²) in [6.07, 6.45) is 80.2. The van der Waals surface area contributed by atoms with E-state index in [1.807, 2.05) is 6.08 Å². The van der Waals surface area contributed by atoms with Crippen LogP contribution in [0.5, 0.6) is 0 Å². The molecule has 73 heavy (non-hydrogen) atoms. The third-order valence-corrected chi connectivity index (χ3v) is 14.8. The fourth-order valence-electron chi connectivity index (χ4n) is 9.84. The number of allylic oxidation sites excluding steroid dienone is 7. The molecule has 0 bridgehead atoms. The largest absolute Gasteiger partial charge is 0.466 e. The Morgan fingerprint density at radius 1 is 0.384 bits per heavy atom. The topological polar surface area (TPSA) is 95.9 Å². The summed E-state index contributed by atoms with van der Waals surface area (Å²) < 4.78 is 5.49. The van der Waals surface area contributed by atoms with Gasteiger partial charge in [0.15, 0.2) is 0 Å². The van der Waals surface area contributed by atoms with Gasteiger partial charge in [0.05, 0.1) is 25.4 Å². The first-order valence-electron chi connectivity index (χ1n) is 32.4. The molecule has 2 unspecified atom stereocenters. The van der Waals surface area contributed by atoms with Crippen molar-refractivity contribution in [1.29, 1.82) is 0 Å². The zero-order chi connectivity index (χ0) is 52.9. The van der Waals surface area contributed by atoms with E-state index in [0.717, 1.165) is 51.4 Å². The number of unbranched alkanes of at least 4 members (excludes halogenated alkanes) is 43. The van der Waals surface area contributed by atoms with Gasteiger partial charge in [0.2, 0.25) is 5.91 Å². The van der Waals surface area contributed by atoms with Crippen molar-refractivity contribution in [3.8, 4) is 0 Å². The summed E-state index contributed by atoms with van der Waals surface area (Å²) in [7, 11) is 0. The lowest BCUT2D eigenvalue weighted by atomic mass is 10.0. The number of aliphatic hydroxyl groups is 2. The Morgan fingerprint density at radius 2 is 0.685 bits per heavy atom. The molecular weight excluding hydrogens is 899 g/mol. The molecule has 0 aliphatic carbocycles. The van der Waals surface area contributed by atoms with E-state index < -0.39 is 12.1 Å². The van der Waals surface area contributed by atoms with Crippen LogP contribution in [-0.4, -0.2) is 47.4 Å². The number of hydrogen-bond donors (Lipinski definition) is 3. The van der Waals surface area contributed by atoms with Crippen molar-refractivity contribution < 1.29 is 24.5 Å². The van der Waals surface area contributed by atoms with Crippen LogP contribution in [-0.2, 0) is 14.3 Å². The van der Waals surface area contributed by atoms with E-state index in [2.05, 4.69) is 55.6 Å². The van der Waals surface area contributed by atoms with E-state index >= 15 is 0 Å². The molecule has 428 valence electrons. The van der Waals surface area contributed by atoms with Crippen molar-refractivity contribution in [2.45, 2.75) is 353 Å². The summed E-state index contributed by atoms with van der Waals surface area (Å²) in [6.45, 7) is 4.89. The van der Waals surface area contributed by atoms with Gasteiger partial charge in [-0.1, -0.05) is 287 Å². The monoisotopic (exact) mass is 1020 g/mol. The van der Waals surface area contributed by atoms with Crippen LogP contribution in [0.4, 0.5) is 0 Å². The van der Waals surface area contributed by atoms with Gasteiger partial charge in [0.25, 0.3) is 0 Å². The highest BCUT2D eigenvalue weighted by Crippen LogP contribution is 2.17. The quantitative estimate of drug-likeness (QED) is 0.0320. The molecule has 0 spiro atoms. The first-order valence-corrected chi connectivity index (χ1v) is 32.4. The van der Waals surface area contributed by atoms with Crippen LogP contribution < -0.4 is 5.32 Å². The first kappa shape index (κ1) is 70.8. The lowest BCUT2D eigenvalue weighted by Crippen LogP contribution is -2.45. The van der Waals surface area contributed by atoms with Crippen LogP contribution in [0.1, 0.15) is 341 Å². The second kappa shape index (κ2) is 62.4. The molecule has 0 aliphatic rings. The molecule has 0 aromatic heterocycles. The summed E-state index contributed by atoms with van der Waals surface area (Å²) >= 11 is 0. The number of hydrogen-bond acceptors (Lipinski definition) is 5. The molecule has 1 amide bonds. The Morgan fingerprint density at radius 3 is 1.07 bits per heavy atom. The van der Waals surface area contributed by atoms with Crippen molar-refractivity contribution in [3.63, 3.8) is 0 Å². The van der Waals surface area contributed by atoms with Gasteiger partial charge in [-0.25, -0.2) is 0 Å². The number of carbonyl (C=O) groups is 2. The molecular formula is C67H125NO5. The van der Waals surface area contributed by atoms with Crippen LogP contribution in [0.15, 0.2) is 48.6 Å². The van der Waals surface area contributed by atoms with Gasteiger partial charge >= 0.3 is 5.97 Å². The third-order valence-electron chi connectivity index (χ3n) is 14.8. The van der Waals surface area contributed by atoms with E-state index in [4.69, 9.17) is 4.74 Å². The maximum atomic E-state index is 12.5. The minimum atomic E-state index is -0.847. The maximum absolute atomic E-state index is 12.5. The van der Waals surface area contributed by atoms with Crippen LogP contribution in [0.25, 0.3) is 0 Å². The normalized spacial score (nSPS) is 12.9. The van der Waals surface area contributed by atoms with Gasteiger partial charge in [-0.3, -0.25) is 9.59 Å². The zero-order valence-corrected chi connectivity index (χ0v) is 48.9. The van der Waals surface area contributed by atoms with Gasteiger partial charge in [-0.2, -0.15) is 0 Å². The summed E-state index contributed by atoms with van der Waals surface area (Å²) in [6, 6.07) is -0.631. The minimum absolute atomic E-state index is 0.00454. The maximum Gasteiger partial charge on any atom is 0.305 e. The fourth-order valence-corrected chi connectivity index (χ4v) is 9.84. The first-order chi connectivity index (χ1) is 36.0. The average molecular weight is 1020 g/mol. The Hall–Kier alpha value is -2.18. The highest BCUT2D eigenvalue weighted by atomic mass is 16.5. The van der Waals surface area contributed by atoms with Gasteiger partial charge < -0.3 is 20.3 Å². The molecule has 0 aromatic carbocycles. The van der Waals surface area contributed by atoms with Crippen molar-refractivity contribution in [1.82, 2.24) is 5.32 Å². The van der Waals surface area contributed by atoms with Crippen molar-refractivity contribution in [2.75, 3.05) is 13.2 Å². The van der Waals surface area contributed by atoms with E-state index in [1.165, 1.54) is 263 Å². The van der Waals surface area contributed by atoms with E-state index in [0.29, 0.717) is 19.4 Å². The minimum Gasteiger partial charge on any atom is -0.466 e. The fraction of sp³-hybridized carbons (Fsp3) is 0.851. The number of ether oxygens (including phenoxy) is 1. The van der Waals surface area contributed by atoms with E-state index in [1.54, 1.807) is 6.08 Å². The molecule has 6 heteroatoms. The second-order valence-electron chi connectivity index (χ2n) is 22.1. The Balaban J connectivity index is 3.41. The predicted octanol–water partition coefficient (Wildman–Crippen LogP) is 20.5. The lowest BCUT2D eigenvalue weighted by molar-refractivity contribution is -0.143. The number of esters is 1. The third kappa shape index (κ3) is 58.9. The van der Waals surface area contributed by atoms with Crippen LogP contribution >= 0.6 is 0 Å². The SMILES string of the molecule is CCCCCC/C=C\C/C=C\CCCCCCCCCC(=O)OCCCCCCCCCCCCCC/C=C\CCCCCCCCCCC(=O)NC(CO)C(O)/C=C/CCCCCCCCCCCCCC. The molecule has 3 N–H and O–H groups in total. The zero-order valence-electron chi connectivity index (χ0n) is 48.9. The summed E-state index contributed by atoms with van der Waals surface area (Å²) in [5.41, 5.74) is 0. The van der Waals surface area contributed by atoms with Gasteiger partial charge in [0, 0.05) is 12.8 Å². The van der Waals surface area contributed by atoms with E-state index in [-0.39, 0.29) is 18.5 Å². The second-order valence-corrected chi connectivity index (χ2v) is 22.1. The van der Waals surface area contributed by atoms with Crippen molar-refractivity contribution in [3.05, 3.63) is 48.6 Å². The molecule has 0 radical (unpaired) electrons. The summed E-state index contributed by atoms with van der Waals surface area (Å²) in [5.74, 6) is -0.0676. The molecule has 2 atom stereocenters. The molecule has 0 aliphatic heterocycles. The number of aliphatic hydroxyl groups excluding tert-OH is 2. The summed E-state index contributed by atoms with van der Waals surface area (Å²) in [5, 5.41) is 23.1. The molecule has 0 saturated carbocycles. The van der Waals surface area contributed by atoms with E-state index in [9.17, 15) is 19.8 Å². The predicted molar refractivity (Wildman–Crippen MR) is 319 cm³/mol. The number of nitrogens with one attached hydrogen (secondary N) is 1. The standard InChI is InChI=1S/C67H125NO5/c1-3-5-7-9-11-13-15-17-19-20-30-33-37-41-45-49-53-57-61-67(72)73-62-58-54-50-46-42-38-34-31-28-26-24-22-21-23-25-27-29-32-36-40-44-48-52-56-60-66(71)68-64(63-69)65(70)59-55-51-47-43-39-35-18-16-14-12-10-8-6-4-2/h13,15,19-20,23,25,55,59,64-65,69-70H,3-12,14,16-18,21-22,24,26-54,56-58,60-63H2,1-2H3,(H,68,71)/b15-13-,20-19-,25-23-,59-55+. The van der Waals surface area contributed by atoms with Crippen molar-refractivity contribution >= 4 is 11.9 Å². The molecule has 0 rings (SSSR count). The summed E-state index contributed by atoms with van der Waals surface area (Å²) in [4.78, 5) is 24.5. The molecule has 0 saturated heterocycles. The van der Waals surface area contributed by atoms with Gasteiger partial charge in [-0.15, -0.1) is 0 Å². The van der Waals surface area contributed by atoms with Crippen LogP contribution in [0.2, 0.25) is 0 Å². The molecule has 0 aromatic rings. The Kier molecular flexibility index (Phi) is 60.5. The number of amides is 1. The lowest BCUT2D eigenvalue weighted by Gasteiger charge is -2.20. The van der Waals surface area contributed by atoms with Crippen molar-refractivity contribution in [2.24, 2.45) is 0 Å². The van der Waals surface area contributed by atoms with Crippen LogP contribution in [0, 0.1) is 0 Å². The Labute approximate surface area is 455 Å². The van der Waals surface area contributed by atoms with Gasteiger partial charge in [0.1, 0.15) is 0 Å². The number of rotatable bonds is 60. The molecule has 0 heterocycles. The molecule has 6 nitrogen and oxygen atoms in total.